The summed E-state index contributed by atoms with van der Waals surface area (Å²) in [6.07, 6.45) is 8.88. The minimum Gasteiger partial charge on any atom is -0.497 e. The molecule has 1 aromatic carbocycles. The van der Waals surface area contributed by atoms with Gasteiger partial charge in [-0.1, -0.05) is 18.6 Å². The summed E-state index contributed by atoms with van der Waals surface area (Å²) in [5, 5.41) is 0. The van der Waals surface area contributed by atoms with E-state index in [1.165, 1.54) is 12.0 Å². The summed E-state index contributed by atoms with van der Waals surface area (Å²) in [7, 11) is 1.70. The molecule has 1 saturated carbocycles. The van der Waals surface area contributed by atoms with Gasteiger partial charge in [0.25, 0.3) is 0 Å². The Morgan fingerprint density at radius 3 is 2.68 bits per heavy atom. The van der Waals surface area contributed by atoms with Crippen molar-refractivity contribution in [3.05, 3.63) is 54.0 Å². The third-order valence-corrected chi connectivity index (χ3v) is 6.89. The molecule has 0 spiro atoms. The van der Waals surface area contributed by atoms with Crippen molar-refractivity contribution in [1.82, 2.24) is 19.4 Å². The van der Waals surface area contributed by atoms with Crippen molar-refractivity contribution in [2.24, 2.45) is 5.92 Å². The minimum absolute atomic E-state index is 0.283. The number of carbonyl (C=O) groups is 1. The second kappa shape index (κ2) is 8.69. The third kappa shape index (κ3) is 4.03. The van der Waals surface area contributed by atoms with E-state index in [2.05, 4.69) is 26.6 Å². The van der Waals surface area contributed by atoms with Gasteiger partial charge < -0.3 is 14.2 Å². The molecule has 2 aliphatic rings. The normalized spacial score (nSPS) is 17.6. The number of hydrogen-bond donors (Lipinski definition) is 0. The Morgan fingerprint density at radius 2 is 1.94 bits per heavy atom. The van der Waals surface area contributed by atoms with Crippen LogP contribution in [0.15, 0.2) is 42.6 Å². The monoisotopic (exact) mass is 418 g/mol. The molecular weight excluding hydrogens is 388 g/mol. The number of aromatic nitrogens is 3. The average molecular weight is 419 g/mol. The van der Waals surface area contributed by atoms with Crippen molar-refractivity contribution in [3.8, 4) is 5.75 Å². The smallest absolute Gasteiger partial charge is 0.225 e. The standard InChI is InChI=1S/C25H30N4O2/c1-31-21-8-2-5-18(17-21)10-11-23-27-22-9-4-14-26-24(22)29(23)20-12-15-28(16-13-20)25(30)19-6-3-7-19/h2,4-5,8-9,14,17,19-20H,3,6-7,10-13,15-16H2,1H3. The first-order valence-electron chi connectivity index (χ1n) is 11.5. The first kappa shape index (κ1) is 20.0. The highest BCUT2D eigenvalue weighted by molar-refractivity contribution is 5.79. The van der Waals surface area contributed by atoms with E-state index < -0.39 is 0 Å². The average Bonchev–Trinajstić information content (AvgIpc) is 3.15. The van der Waals surface area contributed by atoms with Gasteiger partial charge in [0.05, 0.1) is 7.11 Å². The van der Waals surface area contributed by atoms with E-state index in [4.69, 9.17) is 9.72 Å². The number of piperidine rings is 1. The largest absolute Gasteiger partial charge is 0.497 e. The molecule has 31 heavy (non-hydrogen) atoms. The van der Waals surface area contributed by atoms with Crippen LogP contribution in [0, 0.1) is 5.92 Å². The third-order valence-electron chi connectivity index (χ3n) is 6.89. The van der Waals surface area contributed by atoms with E-state index in [-0.39, 0.29) is 5.92 Å². The number of nitrogens with zero attached hydrogens (tertiary/aromatic N) is 4. The Kier molecular flexibility index (Phi) is 5.62. The van der Waals surface area contributed by atoms with Gasteiger partial charge in [-0.05, 0) is 61.9 Å². The van der Waals surface area contributed by atoms with E-state index in [0.717, 1.165) is 74.4 Å². The first-order chi connectivity index (χ1) is 15.2. The maximum atomic E-state index is 12.6. The number of methoxy groups -OCH3 is 1. The lowest BCUT2D eigenvalue weighted by molar-refractivity contribution is -0.139. The van der Waals surface area contributed by atoms with Gasteiger partial charge in [0.2, 0.25) is 5.91 Å². The summed E-state index contributed by atoms with van der Waals surface area (Å²) in [4.78, 5) is 24.3. The Hall–Kier alpha value is -2.89. The molecule has 2 aromatic heterocycles. The number of likely N-dealkylation sites (tertiary alicyclic amines) is 1. The van der Waals surface area contributed by atoms with Crippen LogP contribution < -0.4 is 4.74 Å². The Balaban J connectivity index is 1.34. The minimum atomic E-state index is 0.283. The molecule has 5 rings (SSSR count). The number of aryl methyl sites for hydroxylation is 2. The zero-order valence-corrected chi connectivity index (χ0v) is 18.2. The molecule has 0 atom stereocenters. The number of ether oxygens (including phenoxy) is 1. The second-order valence-corrected chi connectivity index (χ2v) is 8.78. The fourth-order valence-electron chi connectivity index (χ4n) is 4.88. The predicted octanol–water partition coefficient (Wildman–Crippen LogP) is 4.19. The molecular formula is C25H30N4O2. The van der Waals surface area contributed by atoms with Crippen molar-refractivity contribution >= 4 is 17.1 Å². The second-order valence-electron chi connectivity index (χ2n) is 8.78. The summed E-state index contributed by atoms with van der Waals surface area (Å²) < 4.78 is 7.72. The van der Waals surface area contributed by atoms with Crippen molar-refractivity contribution < 1.29 is 9.53 Å². The van der Waals surface area contributed by atoms with Crippen molar-refractivity contribution in [3.63, 3.8) is 0 Å². The van der Waals surface area contributed by atoms with Gasteiger partial charge in [0.15, 0.2) is 5.65 Å². The number of amides is 1. The molecule has 2 fully saturated rings. The highest BCUT2D eigenvalue weighted by atomic mass is 16.5. The van der Waals surface area contributed by atoms with Crippen molar-refractivity contribution in [2.75, 3.05) is 20.2 Å². The molecule has 6 heteroatoms. The van der Waals surface area contributed by atoms with Crippen LogP contribution in [0.4, 0.5) is 0 Å². The van der Waals surface area contributed by atoms with Crippen LogP contribution in [0.25, 0.3) is 11.2 Å². The van der Waals surface area contributed by atoms with Crippen LogP contribution in [-0.2, 0) is 17.6 Å². The lowest BCUT2D eigenvalue weighted by Gasteiger charge is -2.37. The zero-order chi connectivity index (χ0) is 21.2. The topological polar surface area (TPSA) is 60.3 Å². The lowest BCUT2D eigenvalue weighted by atomic mass is 9.84. The van der Waals surface area contributed by atoms with Crippen LogP contribution >= 0.6 is 0 Å². The van der Waals surface area contributed by atoms with Gasteiger partial charge in [-0.15, -0.1) is 0 Å². The fraction of sp³-hybridized carbons (Fsp3) is 0.480. The number of rotatable bonds is 6. The van der Waals surface area contributed by atoms with Crippen LogP contribution in [0.5, 0.6) is 5.75 Å². The number of imidazole rings is 1. The quantitative estimate of drug-likeness (QED) is 0.602. The Morgan fingerprint density at radius 1 is 1.10 bits per heavy atom. The summed E-state index contributed by atoms with van der Waals surface area (Å²) in [5.41, 5.74) is 3.16. The number of benzene rings is 1. The number of pyridine rings is 1. The van der Waals surface area contributed by atoms with Gasteiger partial charge in [-0.2, -0.15) is 0 Å². The van der Waals surface area contributed by atoms with E-state index >= 15 is 0 Å². The maximum Gasteiger partial charge on any atom is 0.225 e. The number of hydrogen-bond acceptors (Lipinski definition) is 4. The molecule has 0 unspecified atom stereocenters. The highest BCUT2D eigenvalue weighted by Crippen LogP contribution is 2.32. The summed E-state index contributed by atoms with van der Waals surface area (Å²) in [6, 6.07) is 12.6. The molecule has 1 aliphatic heterocycles. The molecule has 0 N–H and O–H groups in total. The maximum absolute atomic E-state index is 12.6. The van der Waals surface area contributed by atoms with Gasteiger partial charge in [-0.3, -0.25) is 4.79 Å². The number of fused-ring (bicyclic) bond motifs is 1. The summed E-state index contributed by atoms with van der Waals surface area (Å²) in [6.45, 7) is 1.67. The van der Waals surface area contributed by atoms with Crippen LogP contribution in [0.1, 0.15) is 49.5 Å². The molecule has 1 aliphatic carbocycles. The zero-order valence-electron chi connectivity index (χ0n) is 18.2. The first-order valence-corrected chi connectivity index (χ1v) is 11.5. The molecule has 3 aromatic rings. The lowest BCUT2D eigenvalue weighted by Crippen LogP contribution is -2.44. The molecule has 6 nitrogen and oxygen atoms in total. The SMILES string of the molecule is COc1cccc(CCc2nc3cccnc3n2C2CCN(C(=O)C3CCC3)CC2)c1. The summed E-state index contributed by atoms with van der Waals surface area (Å²) >= 11 is 0. The van der Waals surface area contributed by atoms with Crippen LogP contribution in [0.3, 0.4) is 0 Å². The van der Waals surface area contributed by atoms with Crippen molar-refractivity contribution in [1.29, 1.82) is 0 Å². The molecule has 162 valence electrons. The molecule has 0 bridgehead atoms. The Bertz CT molecular complexity index is 1060. The summed E-state index contributed by atoms with van der Waals surface area (Å²) in [5.74, 6) is 2.62. The van der Waals surface area contributed by atoms with E-state index in [1.807, 2.05) is 30.5 Å². The van der Waals surface area contributed by atoms with Gasteiger partial charge in [0.1, 0.15) is 17.1 Å². The molecule has 1 saturated heterocycles. The van der Waals surface area contributed by atoms with E-state index in [9.17, 15) is 4.79 Å². The highest BCUT2D eigenvalue weighted by Gasteiger charge is 2.33. The van der Waals surface area contributed by atoms with Gasteiger partial charge >= 0.3 is 0 Å². The van der Waals surface area contributed by atoms with Crippen LogP contribution in [-0.4, -0.2) is 45.5 Å². The van der Waals surface area contributed by atoms with E-state index in [0.29, 0.717) is 11.9 Å². The predicted molar refractivity (Wildman–Crippen MR) is 120 cm³/mol. The molecule has 1 amide bonds. The van der Waals surface area contributed by atoms with Gasteiger partial charge in [-0.25, -0.2) is 9.97 Å². The van der Waals surface area contributed by atoms with Crippen LogP contribution in [0.2, 0.25) is 0 Å². The number of carbonyl (C=O) groups excluding carboxylic acids is 1. The van der Waals surface area contributed by atoms with Crippen molar-refractivity contribution in [2.45, 2.75) is 51.0 Å². The fourth-order valence-corrected chi connectivity index (χ4v) is 4.88. The molecule has 0 radical (unpaired) electrons. The van der Waals surface area contributed by atoms with E-state index in [1.54, 1.807) is 7.11 Å². The van der Waals surface area contributed by atoms with Gasteiger partial charge in [0, 0.05) is 37.7 Å². The Labute approximate surface area is 183 Å². The molecule has 3 heterocycles.